The van der Waals surface area contributed by atoms with Gasteiger partial charge in [0, 0.05) is 29.7 Å². The maximum atomic E-state index is 13.2. The van der Waals surface area contributed by atoms with Crippen LogP contribution in [-0.4, -0.2) is 9.97 Å². The maximum absolute atomic E-state index is 13.2. The Labute approximate surface area is 160 Å². The summed E-state index contributed by atoms with van der Waals surface area (Å²) >= 11 is 6.35. The van der Waals surface area contributed by atoms with E-state index in [4.69, 9.17) is 16.3 Å². The number of halogens is 2. The van der Waals surface area contributed by atoms with Crippen molar-refractivity contribution in [2.24, 2.45) is 0 Å². The van der Waals surface area contributed by atoms with Crippen LogP contribution in [0, 0.1) is 5.82 Å². The number of benzene rings is 2. The molecule has 0 atom stereocenters. The molecule has 0 aliphatic rings. The number of fused-ring (bicyclic) bond motifs is 1. The van der Waals surface area contributed by atoms with E-state index in [1.165, 1.54) is 12.1 Å². The Morgan fingerprint density at radius 2 is 1.96 bits per heavy atom. The summed E-state index contributed by atoms with van der Waals surface area (Å²) in [4.78, 5) is 8.48. The third kappa shape index (κ3) is 3.99. The molecule has 2 heterocycles. The molecule has 0 amide bonds. The number of anilines is 2. The largest absolute Gasteiger partial charge is 0.487 e. The van der Waals surface area contributed by atoms with Crippen LogP contribution in [0.4, 0.5) is 15.8 Å². The third-order valence-corrected chi connectivity index (χ3v) is 4.33. The lowest BCUT2D eigenvalue weighted by Gasteiger charge is -2.12. The van der Waals surface area contributed by atoms with E-state index in [-0.39, 0.29) is 12.4 Å². The summed E-state index contributed by atoms with van der Waals surface area (Å²) in [6, 6.07) is 15.5. The highest BCUT2D eigenvalue weighted by Crippen LogP contribution is 2.31. The predicted octanol–water partition coefficient (Wildman–Crippen LogP) is 5.74. The molecular weight excluding hydrogens is 365 g/mol. The quantitative estimate of drug-likeness (QED) is 0.480. The van der Waals surface area contributed by atoms with E-state index in [0.717, 1.165) is 27.8 Å². The minimum absolute atomic E-state index is 0.241. The molecule has 0 saturated heterocycles. The van der Waals surface area contributed by atoms with Gasteiger partial charge in [-0.3, -0.25) is 9.97 Å². The number of hydrogen-bond acceptors (Lipinski definition) is 4. The predicted molar refractivity (Wildman–Crippen MR) is 105 cm³/mol. The fraction of sp³-hybridized carbons (Fsp3) is 0.0476. The van der Waals surface area contributed by atoms with Crippen molar-refractivity contribution in [2.45, 2.75) is 6.61 Å². The number of hydrogen-bond donors (Lipinski definition) is 1. The fourth-order valence-corrected chi connectivity index (χ4v) is 2.97. The second-order valence-electron chi connectivity index (χ2n) is 5.94. The van der Waals surface area contributed by atoms with Gasteiger partial charge >= 0.3 is 0 Å². The molecule has 0 saturated carbocycles. The summed E-state index contributed by atoms with van der Waals surface area (Å²) in [5.41, 5.74) is 3.30. The van der Waals surface area contributed by atoms with E-state index in [2.05, 4.69) is 15.3 Å². The first-order valence-electron chi connectivity index (χ1n) is 8.31. The molecule has 2 aromatic carbocycles. The van der Waals surface area contributed by atoms with E-state index >= 15 is 0 Å². The minimum atomic E-state index is -0.291. The molecular formula is C21H15ClFN3O. The molecule has 4 rings (SSSR count). The molecule has 134 valence electrons. The van der Waals surface area contributed by atoms with Crippen molar-refractivity contribution < 1.29 is 9.13 Å². The van der Waals surface area contributed by atoms with Crippen LogP contribution >= 0.6 is 11.6 Å². The van der Waals surface area contributed by atoms with Gasteiger partial charge in [0.1, 0.15) is 18.2 Å². The molecule has 6 heteroatoms. The lowest BCUT2D eigenvalue weighted by Crippen LogP contribution is -1.97. The lowest BCUT2D eigenvalue weighted by atomic mass is 10.2. The SMILES string of the molecule is Fc1cccc(COc2ccc(Nc3ccnc4ccncc34)cc2Cl)c1. The topological polar surface area (TPSA) is 47.0 Å². The van der Waals surface area contributed by atoms with Crippen molar-refractivity contribution in [1.29, 1.82) is 0 Å². The van der Waals surface area contributed by atoms with Gasteiger partial charge in [-0.05, 0) is 48.0 Å². The molecule has 0 aliphatic carbocycles. The van der Waals surface area contributed by atoms with Gasteiger partial charge in [0.15, 0.2) is 0 Å². The average Bonchev–Trinajstić information content (AvgIpc) is 2.68. The van der Waals surface area contributed by atoms with Crippen molar-refractivity contribution in [3.63, 3.8) is 0 Å². The lowest BCUT2D eigenvalue weighted by molar-refractivity contribution is 0.306. The van der Waals surface area contributed by atoms with Crippen LogP contribution in [0.15, 0.2) is 73.2 Å². The summed E-state index contributed by atoms with van der Waals surface area (Å²) < 4.78 is 19.0. The Bertz CT molecular complexity index is 1100. The molecule has 0 radical (unpaired) electrons. The van der Waals surface area contributed by atoms with Crippen LogP contribution in [0.1, 0.15) is 5.56 Å². The number of rotatable bonds is 5. The smallest absolute Gasteiger partial charge is 0.138 e. The number of nitrogens with one attached hydrogen (secondary N) is 1. The van der Waals surface area contributed by atoms with E-state index < -0.39 is 0 Å². The van der Waals surface area contributed by atoms with Crippen molar-refractivity contribution in [3.8, 4) is 5.75 Å². The summed E-state index contributed by atoms with van der Waals surface area (Å²) in [5, 5.41) is 4.71. The molecule has 2 aromatic heterocycles. The summed E-state index contributed by atoms with van der Waals surface area (Å²) in [6.45, 7) is 0.241. The first kappa shape index (κ1) is 17.2. The zero-order valence-electron chi connectivity index (χ0n) is 14.2. The first-order valence-corrected chi connectivity index (χ1v) is 8.69. The summed E-state index contributed by atoms with van der Waals surface area (Å²) in [6.07, 6.45) is 5.21. The molecule has 0 aliphatic heterocycles. The van der Waals surface area contributed by atoms with Crippen LogP contribution in [-0.2, 0) is 6.61 Å². The average molecular weight is 380 g/mol. The van der Waals surface area contributed by atoms with Crippen molar-refractivity contribution in [1.82, 2.24) is 9.97 Å². The van der Waals surface area contributed by atoms with E-state index in [0.29, 0.717) is 10.8 Å². The molecule has 0 fully saturated rings. The highest BCUT2D eigenvalue weighted by molar-refractivity contribution is 6.32. The summed E-state index contributed by atoms with van der Waals surface area (Å²) in [7, 11) is 0. The van der Waals surface area contributed by atoms with Crippen molar-refractivity contribution in [2.75, 3.05) is 5.32 Å². The van der Waals surface area contributed by atoms with Crippen LogP contribution in [0.25, 0.3) is 10.9 Å². The third-order valence-electron chi connectivity index (χ3n) is 4.04. The number of aromatic nitrogens is 2. The zero-order valence-corrected chi connectivity index (χ0v) is 14.9. The van der Waals surface area contributed by atoms with Gasteiger partial charge in [0.25, 0.3) is 0 Å². The fourth-order valence-electron chi connectivity index (χ4n) is 2.74. The standard InChI is InChI=1S/C21H15ClFN3O/c22-18-11-16(26-20-7-9-25-19-6-8-24-12-17(19)20)4-5-21(18)27-13-14-2-1-3-15(23)10-14/h1-12H,13H2,(H,25,26). The van der Waals surface area contributed by atoms with Gasteiger partial charge in [-0.2, -0.15) is 0 Å². The van der Waals surface area contributed by atoms with Gasteiger partial charge in [-0.1, -0.05) is 23.7 Å². The number of ether oxygens (including phenoxy) is 1. The molecule has 27 heavy (non-hydrogen) atoms. The zero-order chi connectivity index (χ0) is 18.6. The molecule has 4 aromatic rings. The minimum Gasteiger partial charge on any atom is -0.487 e. The second kappa shape index (κ2) is 7.60. The number of pyridine rings is 2. The van der Waals surface area contributed by atoms with Gasteiger partial charge in [-0.25, -0.2) is 4.39 Å². The Kier molecular flexibility index (Phi) is 4.85. The van der Waals surface area contributed by atoms with E-state index in [1.807, 2.05) is 18.2 Å². The summed E-state index contributed by atoms with van der Waals surface area (Å²) in [5.74, 6) is 0.244. The molecule has 0 bridgehead atoms. The van der Waals surface area contributed by atoms with E-state index in [9.17, 15) is 4.39 Å². The maximum Gasteiger partial charge on any atom is 0.138 e. The van der Waals surface area contributed by atoms with Gasteiger partial charge in [0.05, 0.1) is 16.2 Å². The van der Waals surface area contributed by atoms with Crippen LogP contribution < -0.4 is 10.1 Å². The number of nitrogens with zero attached hydrogens (tertiary/aromatic N) is 2. The van der Waals surface area contributed by atoms with Crippen LogP contribution in [0.5, 0.6) is 5.75 Å². The Balaban J connectivity index is 1.51. The Hall–Kier alpha value is -3.18. The highest BCUT2D eigenvalue weighted by atomic mass is 35.5. The second-order valence-corrected chi connectivity index (χ2v) is 6.35. The van der Waals surface area contributed by atoms with Crippen molar-refractivity contribution in [3.05, 3.63) is 89.6 Å². The molecule has 0 spiro atoms. The van der Waals surface area contributed by atoms with Crippen molar-refractivity contribution >= 4 is 33.9 Å². The molecule has 1 N–H and O–H groups in total. The normalized spacial score (nSPS) is 10.7. The van der Waals surface area contributed by atoms with Crippen LogP contribution in [0.3, 0.4) is 0 Å². The molecule has 0 unspecified atom stereocenters. The van der Waals surface area contributed by atoms with E-state index in [1.54, 1.807) is 42.9 Å². The van der Waals surface area contributed by atoms with Gasteiger partial charge < -0.3 is 10.1 Å². The first-order chi connectivity index (χ1) is 13.2. The van der Waals surface area contributed by atoms with Gasteiger partial charge in [0.2, 0.25) is 0 Å². The molecule has 4 nitrogen and oxygen atoms in total. The monoisotopic (exact) mass is 379 g/mol. The van der Waals surface area contributed by atoms with Crippen LogP contribution in [0.2, 0.25) is 5.02 Å². The highest BCUT2D eigenvalue weighted by Gasteiger charge is 2.07. The van der Waals surface area contributed by atoms with Gasteiger partial charge in [-0.15, -0.1) is 0 Å². The Morgan fingerprint density at radius 3 is 2.81 bits per heavy atom. The Morgan fingerprint density at radius 1 is 1.04 bits per heavy atom.